The summed E-state index contributed by atoms with van der Waals surface area (Å²) < 4.78 is 134. The number of nitrogens with zero attached hydrogens (tertiary/aromatic N) is 4. The Kier molecular flexibility index (Phi) is 10.5. The Labute approximate surface area is 369 Å². The molecule has 0 atom stereocenters. The fourth-order valence-corrected chi connectivity index (χ4v) is 10.5. The van der Waals surface area contributed by atoms with Gasteiger partial charge in [-0.05, 0) is 78.3 Å². The summed E-state index contributed by atoms with van der Waals surface area (Å²) in [5, 5.41) is 15.6. The molecule has 1 aliphatic carbocycles. The second-order valence-electron chi connectivity index (χ2n) is 13.0. The Morgan fingerprint density at radius 1 is 0.746 bits per heavy atom. The Bertz CT molecular complexity index is 3640. The molecule has 3 heterocycles. The average Bonchev–Trinajstić information content (AvgIpc) is 3.20. The summed E-state index contributed by atoms with van der Waals surface area (Å²) in [7, 11) is -18.8. The normalized spacial score (nSPS) is 12.8. The third-order valence-electron chi connectivity index (χ3n) is 8.99. The summed E-state index contributed by atoms with van der Waals surface area (Å²) in [6, 6.07) is 13.6. The summed E-state index contributed by atoms with van der Waals surface area (Å²) in [5.74, 6) is -1.78. The predicted molar refractivity (Wildman–Crippen MR) is 227 cm³/mol. The first-order valence-electron chi connectivity index (χ1n) is 17.0. The molecule has 0 unspecified atom stereocenters. The number of benzene rings is 5. The van der Waals surface area contributed by atoms with E-state index in [9.17, 15) is 42.8 Å². The molecule has 324 valence electrons. The highest BCUT2D eigenvalue weighted by molar-refractivity contribution is 7.94. The second kappa shape index (κ2) is 15.3. The molecule has 4 aromatic carbocycles. The molecule has 1 aromatic heterocycles. The van der Waals surface area contributed by atoms with Crippen molar-refractivity contribution in [3.05, 3.63) is 99.4 Å². The smallest absolute Gasteiger partial charge is 0.300 e. The maximum Gasteiger partial charge on any atom is 0.300 e. The van der Waals surface area contributed by atoms with Gasteiger partial charge in [0.05, 0.1) is 31.4 Å². The number of nitrogens with two attached hydrogens (primary N) is 1. The van der Waals surface area contributed by atoms with Gasteiger partial charge in [-0.3, -0.25) is 14.5 Å². The van der Waals surface area contributed by atoms with Gasteiger partial charge in [0.25, 0.3) is 20.2 Å². The lowest BCUT2D eigenvalue weighted by atomic mass is 10.1. The molecule has 0 saturated carbocycles. The quantitative estimate of drug-likeness (QED) is 0.0424. The summed E-state index contributed by atoms with van der Waals surface area (Å²) in [6.07, 6.45) is 0. The summed E-state index contributed by atoms with van der Waals surface area (Å²) in [6.45, 7) is 3.29. The van der Waals surface area contributed by atoms with E-state index in [1.54, 1.807) is 0 Å². The molecule has 0 fully saturated rings. The number of sulfone groups is 2. The van der Waals surface area contributed by atoms with Crippen molar-refractivity contribution in [2.75, 3.05) is 21.7 Å². The summed E-state index contributed by atoms with van der Waals surface area (Å²) >= 11 is 19.4. The maximum atomic E-state index is 14.2. The zero-order valence-corrected chi connectivity index (χ0v) is 36.3. The SMILES string of the molecule is C=CS(=O)(=O)c1ccc(Nc2nc(Cl)nc(Nc3ccc(S(=O)(=O)c4cc5c(c(S(=O)(=O)O)c4N)Oc4c(c(Cl)c6oc7c(S(=O)(=O)O)c(=N)ccc-7nc6c4Cl)N5)cc3)n2)cc1. The first kappa shape index (κ1) is 43.5. The van der Waals surface area contributed by atoms with Gasteiger partial charge in [-0.15, -0.1) is 0 Å². The van der Waals surface area contributed by atoms with Crippen LogP contribution in [-0.2, 0) is 39.9 Å². The van der Waals surface area contributed by atoms with E-state index in [2.05, 4.69) is 42.5 Å². The van der Waals surface area contributed by atoms with Crippen LogP contribution in [0.4, 0.5) is 40.3 Å². The largest absolute Gasteiger partial charge is 0.450 e. The second-order valence-corrected chi connectivity index (χ2v) is 20.6. The minimum Gasteiger partial charge on any atom is -0.450 e. The van der Waals surface area contributed by atoms with Gasteiger partial charge >= 0.3 is 0 Å². The van der Waals surface area contributed by atoms with Crippen LogP contribution in [0.1, 0.15) is 0 Å². The van der Waals surface area contributed by atoms with Gasteiger partial charge in [-0.25, -0.2) is 21.8 Å². The lowest BCUT2D eigenvalue weighted by Crippen LogP contribution is -2.17. The fraction of sp³-hybridized carbons (Fsp3) is 0. The average molecular weight is 995 g/mol. The molecule has 8 rings (SSSR count). The highest BCUT2D eigenvalue weighted by atomic mass is 35.5. The molecule has 5 aromatic rings. The molecule has 0 saturated heterocycles. The Morgan fingerprint density at radius 2 is 1.32 bits per heavy atom. The van der Waals surface area contributed by atoms with Gasteiger partial charge < -0.3 is 30.8 Å². The van der Waals surface area contributed by atoms with E-state index in [1.807, 2.05) is 0 Å². The van der Waals surface area contributed by atoms with Gasteiger partial charge in [0.15, 0.2) is 42.5 Å². The van der Waals surface area contributed by atoms with Crippen LogP contribution in [0, 0.1) is 5.41 Å². The van der Waals surface area contributed by atoms with Crippen molar-refractivity contribution < 1.29 is 51.9 Å². The summed E-state index contributed by atoms with van der Waals surface area (Å²) in [4.78, 5) is 13.2. The minimum atomic E-state index is -5.37. The van der Waals surface area contributed by atoms with Crippen LogP contribution >= 0.6 is 34.8 Å². The number of nitrogens with one attached hydrogen (secondary N) is 4. The molecule has 0 radical (unpaired) electrons. The molecular weight excluding hydrogens is 973 g/mol. The molecule has 63 heavy (non-hydrogen) atoms. The van der Waals surface area contributed by atoms with Crippen LogP contribution in [0.15, 0.2) is 108 Å². The molecule has 2 aliphatic heterocycles. The Balaban J connectivity index is 1.13. The third kappa shape index (κ3) is 7.82. The van der Waals surface area contributed by atoms with Crippen molar-refractivity contribution in [3.63, 3.8) is 0 Å². The van der Waals surface area contributed by atoms with Gasteiger partial charge in [0.1, 0.15) is 26.9 Å². The van der Waals surface area contributed by atoms with Crippen LogP contribution in [0.2, 0.25) is 15.3 Å². The van der Waals surface area contributed by atoms with Crippen molar-refractivity contribution >= 4 is 126 Å². The number of nitrogen functional groups attached to an aromatic ring is 1. The van der Waals surface area contributed by atoms with Gasteiger partial charge in [0, 0.05) is 16.8 Å². The molecule has 8 N–H and O–H groups in total. The van der Waals surface area contributed by atoms with E-state index in [-0.39, 0.29) is 49.7 Å². The van der Waals surface area contributed by atoms with Crippen molar-refractivity contribution in [1.29, 1.82) is 5.41 Å². The zero-order chi connectivity index (χ0) is 45.6. The number of anilines is 7. The number of hydrogen-bond acceptors (Lipinski definition) is 19. The minimum absolute atomic E-state index is 0.00936. The van der Waals surface area contributed by atoms with E-state index in [0.29, 0.717) is 5.69 Å². The molecule has 21 nitrogen and oxygen atoms in total. The van der Waals surface area contributed by atoms with Gasteiger partial charge in [0.2, 0.25) is 27.0 Å². The molecule has 0 bridgehead atoms. The maximum absolute atomic E-state index is 14.2. The molecular formula is C35H22Cl3N9O12S4. The molecule has 0 amide bonds. The molecule has 0 spiro atoms. The number of halogens is 3. The topological polar surface area (TPSA) is 337 Å². The van der Waals surface area contributed by atoms with E-state index in [4.69, 9.17) is 55.1 Å². The Morgan fingerprint density at radius 3 is 1.87 bits per heavy atom. The predicted octanol–water partition coefficient (Wildman–Crippen LogP) is 6.72. The first-order valence-corrected chi connectivity index (χ1v) is 24.0. The standard InChI is InChI=1S/C35H22Cl3N9O12S4/c1-2-60(48,49)16-7-3-14(4-8-16)41-34-45-33(38)46-35(47-34)42-15-5-9-17(10-6-15)61(50,51)21-13-20-28(32(24(21)40)63(55,56)57)59-30-22(36)25-29(23(37)26(30)44-20)58-27-19(43-25)12-11-18(39)31(27)62(52,53)54/h2-13,39,44H,1,40H2,(H,52,53,54)(H,55,56,57)(H2,41,42,45,46,47). The first-order chi connectivity index (χ1) is 29.5. The van der Waals surface area contributed by atoms with E-state index < -0.39 is 104 Å². The highest BCUT2D eigenvalue weighted by Gasteiger charge is 2.37. The van der Waals surface area contributed by atoms with Crippen molar-refractivity contribution in [2.45, 2.75) is 24.5 Å². The van der Waals surface area contributed by atoms with Crippen LogP contribution in [0.5, 0.6) is 11.5 Å². The van der Waals surface area contributed by atoms with E-state index in [1.165, 1.54) is 42.5 Å². The van der Waals surface area contributed by atoms with Crippen LogP contribution in [0.25, 0.3) is 22.6 Å². The van der Waals surface area contributed by atoms with Crippen LogP contribution < -0.4 is 31.8 Å². The molecule has 3 aliphatic rings. The van der Waals surface area contributed by atoms with Crippen molar-refractivity contribution in [1.82, 2.24) is 19.9 Å². The Hall–Kier alpha value is -6.16. The highest BCUT2D eigenvalue weighted by Crippen LogP contribution is 2.56. The van der Waals surface area contributed by atoms with Gasteiger partial charge in [-0.2, -0.15) is 31.8 Å². The van der Waals surface area contributed by atoms with Crippen molar-refractivity contribution in [3.8, 4) is 23.0 Å². The lowest BCUT2D eigenvalue weighted by molar-refractivity contribution is 0.449. The monoisotopic (exact) mass is 993 g/mol. The number of aromatic nitrogens is 4. The van der Waals surface area contributed by atoms with E-state index >= 15 is 0 Å². The number of rotatable bonds is 10. The van der Waals surface area contributed by atoms with E-state index in [0.717, 1.165) is 29.7 Å². The number of ether oxygens (including phenoxy) is 1. The van der Waals surface area contributed by atoms with Crippen molar-refractivity contribution in [2.24, 2.45) is 0 Å². The third-order valence-corrected chi connectivity index (χ3v) is 14.9. The fourth-order valence-electron chi connectivity index (χ4n) is 6.18. The lowest BCUT2D eigenvalue weighted by Gasteiger charge is -2.27. The summed E-state index contributed by atoms with van der Waals surface area (Å²) in [5.41, 5.74) is 4.37. The van der Waals surface area contributed by atoms with Gasteiger partial charge in [-0.1, -0.05) is 29.8 Å². The number of hydrogen-bond donors (Lipinski definition) is 7. The zero-order valence-electron chi connectivity index (χ0n) is 30.7. The van der Waals surface area contributed by atoms with Crippen LogP contribution in [-0.4, -0.2) is 62.7 Å². The molecule has 28 heteroatoms. The number of fused-ring (bicyclic) bond motifs is 4. The van der Waals surface area contributed by atoms with Crippen LogP contribution in [0.3, 0.4) is 0 Å².